The molecule has 2 aliphatic heterocycles. The summed E-state index contributed by atoms with van der Waals surface area (Å²) in [4.78, 5) is 56.6. The van der Waals surface area contributed by atoms with E-state index < -0.39 is 28.5 Å². The van der Waals surface area contributed by atoms with E-state index in [2.05, 4.69) is 4.98 Å². The molecular weight excluding hydrogens is 641 g/mol. The van der Waals surface area contributed by atoms with Crippen molar-refractivity contribution >= 4 is 57.9 Å². The minimum Gasteiger partial charge on any atom is -0.489 e. The van der Waals surface area contributed by atoms with E-state index in [0.29, 0.717) is 33.5 Å². The van der Waals surface area contributed by atoms with Gasteiger partial charge in [0.15, 0.2) is 0 Å². The maximum Gasteiger partial charge on any atom is 0.305 e. The molecule has 7 atom stereocenters. The minimum absolute atomic E-state index is 0.112. The van der Waals surface area contributed by atoms with Crippen molar-refractivity contribution in [2.24, 2.45) is 29.6 Å². The Labute approximate surface area is 268 Å². The summed E-state index contributed by atoms with van der Waals surface area (Å²) in [5.74, 6) is -2.74. The molecule has 45 heavy (non-hydrogen) atoms. The molecule has 3 heterocycles. The van der Waals surface area contributed by atoms with Gasteiger partial charge in [-0.3, -0.25) is 29.4 Å². The highest BCUT2D eigenvalue weighted by Crippen LogP contribution is 2.69. The number of imide groups is 1. The van der Waals surface area contributed by atoms with Crippen LogP contribution in [-0.4, -0.2) is 27.0 Å². The Bertz CT molecular complexity index is 1950. The fourth-order valence-corrected chi connectivity index (χ4v) is 11.0. The Morgan fingerprint density at radius 2 is 1.71 bits per heavy atom. The highest BCUT2D eigenvalue weighted by molar-refractivity contribution is 8.00. The van der Waals surface area contributed by atoms with E-state index in [-0.39, 0.29) is 52.0 Å². The van der Waals surface area contributed by atoms with Gasteiger partial charge in [-0.15, -0.1) is 11.8 Å². The van der Waals surface area contributed by atoms with Crippen LogP contribution in [0.4, 0.5) is 15.8 Å². The lowest BCUT2D eigenvalue weighted by Crippen LogP contribution is -2.42. The molecule has 2 aliphatic carbocycles. The van der Waals surface area contributed by atoms with E-state index in [1.807, 2.05) is 12.1 Å². The topological polar surface area (TPSA) is 123 Å². The van der Waals surface area contributed by atoms with E-state index in [9.17, 15) is 28.9 Å². The predicted molar refractivity (Wildman–Crippen MR) is 166 cm³/mol. The number of nitro groups is 1. The summed E-state index contributed by atoms with van der Waals surface area (Å²) in [5.41, 5.74) is 1.65. The van der Waals surface area contributed by atoms with Gasteiger partial charge in [-0.25, -0.2) is 4.39 Å². The number of H-pyrrole nitrogens is 1. The van der Waals surface area contributed by atoms with Crippen LogP contribution in [0.1, 0.15) is 28.3 Å². The number of carbonyl (C=O) groups excluding carboxylic acids is 2. The number of halogens is 2. The van der Waals surface area contributed by atoms with Crippen molar-refractivity contribution in [1.82, 2.24) is 4.98 Å². The summed E-state index contributed by atoms with van der Waals surface area (Å²) >= 11 is 8.63. The summed E-state index contributed by atoms with van der Waals surface area (Å²) in [6, 6.07) is 17.0. The average molecular weight is 664 g/mol. The molecule has 4 aromatic rings. The number of aromatic amines is 1. The van der Waals surface area contributed by atoms with Crippen molar-refractivity contribution in [2.45, 2.75) is 29.2 Å². The predicted octanol–water partition coefficient (Wildman–Crippen LogP) is 6.39. The van der Waals surface area contributed by atoms with Gasteiger partial charge < -0.3 is 9.72 Å². The quantitative estimate of drug-likeness (QED) is 0.144. The third kappa shape index (κ3) is 4.44. The van der Waals surface area contributed by atoms with E-state index >= 15 is 0 Å². The molecule has 1 N–H and O–H groups in total. The molecule has 3 fully saturated rings. The number of thioether (sulfide) groups is 1. The van der Waals surface area contributed by atoms with Gasteiger partial charge in [0, 0.05) is 38.8 Å². The first-order chi connectivity index (χ1) is 21.7. The van der Waals surface area contributed by atoms with Crippen molar-refractivity contribution in [3.63, 3.8) is 0 Å². The van der Waals surface area contributed by atoms with Gasteiger partial charge in [0.2, 0.25) is 11.8 Å². The zero-order chi connectivity index (χ0) is 31.1. The summed E-state index contributed by atoms with van der Waals surface area (Å²) in [6.07, 6.45) is 0.651. The molecule has 1 aromatic heterocycles. The number of nitro benzene ring substituents is 1. The van der Waals surface area contributed by atoms with Gasteiger partial charge in [0.1, 0.15) is 18.2 Å². The van der Waals surface area contributed by atoms with E-state index in [0.717, 1.165) is 21.8 Å². The highest BCUT2D eigenvalue weighted by Gasteiger charge is 2.70. The number of rotatable bonds is 6. The number of thiazole rings is 1. The van der Waals surface area contributed by atoms with Crippen molar-refractivity contribution in [3.8, 4) is 5.75 Å². The number of benzene rings is 3. The number of hydrogen-bond donors (Lipinski definition) is 1. The highest BCUT2D eigenvalue weighted by atomic mass is 35.5. The van der Waals surface area contributed by atoms with Crippen LogP contribution in [0.15, 0.2) is 76.6 Å². The van der Waals surface area contributed by atoms with Crippen LogP contribution in [-0.2, 0) is 16.2 Å². The van der Waals surface area contributed by atoms with Crippen LogP contribution in [0.5, 0.6) is 5.75 Å². The fraction of sp³-hybridized carbons (Fsp3) is 0.281. The molecule has 0 spiro atoms. The SMILES string of the molecule is O=C1C2C(C(=O)N1c1ccc(F)cc1)[C@@H]1C[C@H]2C2Sc3[nH]c(=O)sc3C(c3cc([N+](=O)[O-])ccc3OCc3ccc(Cl)cc3)C21. The van der Waals surface area contributed by atoms with Crippen LogP contribution in [0.25, 0.3) is 0 Å². The number of nitrogens with zero attached hydrogens (tertiary/aromatic N) is 2. The molecule has 2 saturated carbocycles. The molecule has 1 saturated heterocycles. The Morgan fingerprint density at radius 1 is 1.00 bits per heavy atom. The van der Waals surface area contributed by atoms with Crippen LogP contribution in [0.2, 0.25) is 5.02 Å². The molecule has 9 nitrogen and oxygen atoms in total. The summed E-state index contributed by atoms with van der Waals surface area (Å²) in [6.45, 7) is 0.185. The number of anilines is 1. The Hall–Kier alpha value is -4.00. The number of nitrogens with one attached hydrogen (secondary N) is 1. The first kappa shape index (κ1) is 28.5. The number of ether oxygens (including phenoxy) is 1. The second kappa shape index (κ2) is 10.5. The molecule has 2 amide bonds. The zero-order valence-electron chi connectivity index (χ0n) is 23.2. The molecular formula is C32H23ClFN3O6S2. The van der Waals surface area contributed by atoms with Gasteiger partial charge >= 0.3 is 4.87 Å². The number of non-ortho nitro benzene ring substituents is 1. The van der Waals surface area contributed by atoms with Crippen LogP contribution in [0, 0.1) is 45.5 Å². The van der Waals surface area contributed by atoms with E-state index in [1.54, 1.807) is 18.2 Å². The number of hydrogen-bond acceptors (Lipinski definition) is 8. The summed E-state index contributed by atoms with van der Waals surface area (Å²) in [7, 11) is 0. The molecule has 13 heteroatoms. The second-order valence-corrected chi connectivity index (χ2v) is 14.5. The van der Waals surface area contributed by atoms with E-state index in [1.165, 1.54) is 53.1 Å². The van der Waals surface area contributed by atoms with Gasteiger partial charge in [0.25, 0.3) is 5.69 Å². The maximum atomic E-state index is 14.0. The van der Waals surface area contributed by atoms with Gasteiger partial charge in [-0.2, -0.15) is 0 Å². The van der Waals surface area contributed by atoms with Crippen LogP contribution in [0.3, 0.4) is 0 Å². The lowest BCUT2D eigenvalue weighted by molar-refractivity contribution is -0.385. The maximum absolute atomic E-state index is 14.0. The molecule has 2 bridgehead atoms. The van der Waals surface area contributed by atoms with Crippen molar-refractivity contribution in [2.75, 3.05) is 4.90 Å². The fourth-order valence-electron chi connectivity index (χ4n) is 7.98. The number of amides is 2. The Morgan fingerprint density at radius 3 is 2.42 bits per heavy atom. The average Bonchev–Trinajstić information content (AvgIpc) is 3.76. The zero-order valence-corrected chi connectivity index (χ0v) is 25.6. The number of fused-ring (bicyclic) bond motifs is 9. The third-order valence-electron chi connectivity index (χ3n) is 9.66. The van der Waals surface area contributed by atoms with Crippen LogP contribution < -0.4 is 14.5 Å². The number of aromatic nitrogens is 1. The van der Waals surface area contributed by atoms with Gasteiger partial charge in [0.05, 0.1) is 27.5 Å². The first-order valence-corrected chi connectivity index (χ1v) is 16.5. The van der Waals surface area contributed by atoms with Crippen molar-refractivity contribution in [1.29, 1.82) is 0 Å². The molecule has 3 aromatic carbocycles. The molecule has 228 valence electrons. The third-order valence-corrected chi connectivity index (χ3v) is 12.5. The van der Waals surface area contributed by atoms with Gasteiger partial charge in [-0.05, 0) is 72.2 Å². The summed E-state index contributed by atoms with van der Waals surface area (Å²) in [5, 5.41) is 13.1. The van der Waals surface area contributed by atoms with E-state index in [4.69, 9.17) is 16.3 Å². The standard InChI is InChI=1S/C32H23ClFN3O6S2/c33-15-3-1-14(2-4-15)13-43-22-10-9-18(37(41)42)11-19(22)23-24-20-12-21(27(24)44-29-28(23)45-32(40)35-29)26-25(20)30(38)36(31(26)39)17-7-5-16(34)6-8-17/h1-11,20-21,23-27H,12-13H2,(H,35,40)/t20-,21-,23?,24?,25?,26?,27?/m1/s1. The minimum atomic E-state index is -0.578. The first-order valence-electron chi connectivity index (χ1n) is 14.4. The smallest absolute Gasteiger partial charge is 0.305 e. The second-order valence-electron chi connectivity index (χ2n) is 11.8. The normalized spacial score (nSPS) is 27.8. The molecule has 8 rings (SSSR count). The largest absolute Gasteiger partial charge is 0.489 e. The lowest BCUT2D eigenvalue weighted by atomic mass is 9.68. The molecule has 0 radical (unpaired) electrons. The van der Waals surface area contributed by atoms with Crippen LogP contribution >= 0.6 is 34.7 Å². The molecule has 4 aliphatic rings. The monoisotopic (exact) mass is 663 g/mol. The lowest BCUT2D eigenvalue weighted by Gasteiger charge is -2.43. The van der Waals surface area contributed by atoms with Crippen molar-refractivity contribution < 1.29 is 23.6 Å². The Balaban J connectivity index is 1.22. The summed E-state index contributed by atoms with van der Waals surface area (Å²) < 4.78 is 20.0. The number of carbonyl (C=O) groups is 2. The molecule has 5 unspecified atom stereocenters. The Kier molecular flexibility index (Phi) is 6.66. The van der Waals surface area contributed by atoms with Crippen molar-refractivity contribution in [3.05, 3.63) is 113 Å². The van der Waals surface area contributed by atoms with Gasteiger partial charge in [-0.1, -0.05) is 35.1 Å².